The van der Waals surface area contributed by atoms with Gasteiger partial charge in [-0.05, 0) is 42.0 Å². The molecule has 0 amide bonds. The highest BCUT2D eigenvalue weighted by Crippen LogP contribution is 2.48. The lowest BCUT2D eigenvalue weighted by atomic mass is 9.90. The summed E-state index contributed by atoms with van der Waals surface area (Å²) in [5.74, 6) is 0. The van der Waals surface area contributed by atoms with Crippen LogP contribution in [0.3, 0.4) is 0 Å². The van der Waals surface area contributed by atoms with Gasteiger partial charge in [0.25, 0.3) is 0 Å². The van der Waals surface area contributed by atoms with Gasteiger partial charge in [-0.15, -0.1) is 0 Å². The normalized spacial score (nSPS) is 16.6. The molecule has 92 valence electrons. The van der Waals surface area contributed by atoms with E-state index in [2.05, 4.69) is 55.5 Å². The van der Waals surface area contributed by atoms with Gasteiger partial charge >= 0.3 is 0 Å². The molecule has 2 aromatic carbocycles. The minimum Gasteiger partial charge on any atom is -0.330 e. The minimum absolute atomic E-state index is 0.275. The van der Waals surface area contributed by atoms with Gasteiger partial charge in [0, 0.05) is 12.0 Å². The van der Waals surface area contributed by atoms with Gasteiger partial charge < -0.3 is 5.73 Å². The summed E-state index contributed by atoms with van der Waals surface area (Å²) in [5, 5.41) is 0. The second-order valence-corrected chi connectivity index (χ2v) is 5.38. The highest BCUT2D eigenvalue weighted by molar-refractivity contribution is 5.68. The minimum atomic E-state index is 0.275. The summed E-state index contributed by atoms with van der Waals surface area (Å²) in [6, 6.07) is 17.4. The summed E-state index contributed by atoms with van der Waals surface area (Å²) in [6.45, 7) is 2.94. The monoisotopic (exact) mass is 237 g/mol. The fraction of sp³-hybridized carbons (Fsp3) is 0.294. The zero-order valence-electron chi connectivity index (χ0n) is 10.8. The van der Waals surface area contributed by atoms with Crippen LogP contribution in [0.2, 0.25) is 0 Å². The molecule has 0 saturated heterocycles. The first-order chi connectivity index (χ1) is 8.75. The van der Waals surface area contributed by atoms with E-state index >= 15 is 0 Å². The van der Waals surface area contributed by atoms with Gasteiger partial charge in [0.2, 0.25) is 0 Å². The zero-order chi connectivity index (χ0) is 12.6. The third-order valence-corrected chi connectivity index (χ3v) is 4.18. The summed E-state index contributed by atoms with van der Waals surface area (Å²) in [5.41, 5.74) is 11.6. The average Bonchev–Trinajstić information content (AvgIpc) is 3.21. The maximum absolute atomic E-state index is 5.93. The van der Waals surface area contributed by atoms with Gasteiger partial charge in [0.1, 0.15) is 0 Å². The molecule has 0 aromatic heterocycles. The molecule has 0 spiro atoms. The van der Waals surface area contributed by atoms with E-state index in [1.54, 1.807) is 0 Å². The molecule has 18 heavy (non-hydrogen) atoms. The predicted octanol–water partition coefficient (Wildman–Crippen LogP) is 3.65. The van der Waals surface area contributed by atoms with Crippen LogP contribution in [0.15, 0.2) is 48.5 Å². The van der Waals surface area contributed by atoms with E-state index in [0.717, 1.165) is 6.54 Å². The highest BCUT2D eigenvalue weighted by atomic mass is 14.7. The summed E-state index contributed by atoms with van der Waals surface area (Å²) >= 11 is 0. The Kier molecular flexibility index (Phi) is 2.71. The van der Waals surface area contributed by atoms with Crippen LogP contribution in [0.4, 0.5) is 0 Å². The third-order valence-electron chi connectivity index (χ3n) is 4.18. The zero-order valence-corrected chi connectivity index (χ0v) is 10.8. The van der Waals surface area contributed by atoms with E-state index in [1.165, 1.54) is 35.1 Å². The van der Waals surface area contributed by atoms with Gasteiger partial charge in [-0.2, -0.15) is 0 Å². The molecule has 1 fully saturated rings. The summed E-state index contributed by atoms with van der Waals surface area (Å²) < 4.78 is 0. The lowest BCUT2D eigenvalue weighted by molar-refractivity contribution is 0.705. The van der Waals surface area contributed by atoms with E-state index in [4.69, 9.17) is 5.73 Å². The Morgan fingerprint density at radius 1 is 1.06 bits per heavy atom. The molecule has 2 N–H and O–H groups in total. The topological polar surface area (TPSA) is 26.0 Å². The molecule has 0 atom stereocenters. The molecule has 1 saturated carbocycles. The second-order valence-electron chi connectivity index (χ2n) is 5.38. The van der Waals surface area contributed by atoms with Crippen LogP contribution < -0.4 is 5.73 Å². The SMILES string of the molecule is Cc1ccc(C2(CN)CC2)cc1-c1ccccc1. The van der Waals surface area contributed by atoms with Crippen molar-refractivity contribution >= 4 is 0 Å². The fourth-order valence-electron chi connectivity index (χ4n) is 2.64. The second kappa shape index (κ2) is 4.25. The number of hydrogen-bond donors (Lipinski definition) is 1. The lowest BCUT2D eigenvalue weighted by Crippen LogP contribution is -2.19. The molecule has 1 aliphatic carbocycles. The van der Waals surface area contributed by atoms with Crippen molar-refractivity contribution in [3.8, 4) is 11.1 Å². The maximum atomic E-state index is 5.93. The molecule has 1 heteroatoms. The predicted molar refractivity (Wildman–Crippen MR) is 76.6 cm³/mol. The molecule has 2 aromatic rings. The van der Waals surface area contributed by atoms with E-state index in [0.29, 0.717) is 0 Å². The molecule has 1 nitrogen and oxygen atoms in total. The highest BCUT2D eigenvalue weighted by Gasteiger charge is 2.42. The molecule has 1 aliphatic rings. The molecule has 0 aliphatic heterocycles. The summed E-state index contributed by atoms with van der Waals surface area (Å²) in [7, 11) is 0. The number of aryl methyl sites for hydroxylation is 1. The molecule has 0 unspecified atom stereocenters. The Labute approximate surface area is 109 Å². The first kappa shape index (κ1) is 11.5. The van der Waals surface area contributed by atoms with Crippen molar-refractivity contribution in [3.63, 3.8) is 0 Å². The molecular weight excluding hydrogens is 218 g/mol. The lowest BCUT2D eigenvalue weighted by Gasteiger charge is -2.16. The fourth-order valence-corrected chi connectivity index (χ4v) is 2.64. The smallest absolute Gasteiger partial charge is 0.00764 e. The number of benzene rings is 2. The van der Waals surface area contributed by atoms with Crippen LogP contribution in [0, 0.1) is 6.92 Å². The maximum Gasteiger partial charge on any atom is 0.00764 e. The largest absolute Gasteiger partial charge is 0.330 e. The molecule has 3 rings (SSSR count). The van der Waals surface area contributed by atoms with Crippen molar-refractivity contribution in [2.45, 2.75) is 25.2 Å². The Hall–Kier alpha value is -1.60. The summed E-state index contributed by atoms with van der Waals surface area (Å²) in [6.07, 6.45) is 2.47. The van der Waals surface area contributed by atoms with E-state index in [-0.39, 0.29) is 5.41 Å². The van der Waals surface area contributed by atoms with Crippen LogP contribution in [0.1, 0.15) is 24.0 Å². The van der Waals surface area contributed by atoms with Crippen molar-refractivity contribution in [1.82, 2.24) is 0 Å². The number of rotatable bonds is 3. The van der Waals surface area contributed by atoms with Gasteiger partial charge in [0.05, 0.1) is 0 Å². The Balaban J connectivity index is 2.07. The molecule has 0 bridgehead atoms. The van der Waals surface area contributed by atoms with Crippen molar-refractivity contribution < 1.29 is 0 Å². The number of nitrogens with two attached hydrogens (primary N) is 1. The van der Waals surface area contributed by atoms with Crippen LogP contribution in [0.5, 0.6) is 0 Å². The Bertz CT molecular complexity index is 553. The molecular formula is C17H19N. The standard InChI is InChI=1S/C17H19N/c1-13-7-8-15(17(12-18)9-10-17)11-16(13)14-5-3-2-4-6-14/h2-8,11H,9-10,12,18H2,1H3. The first-order valence-corrected chi connectivity index (χ1v) is 6.62. The molecule has 0 radical (unpaired) electrons. The quantitative estimate of drug-likeness (QED) is 0.866. The van der Waals surface area contributed by atoms with Gasteiger partial charge in [-0.3, -0.25) is 0 Å². The number of hydrogen-bond acceptors (Lipinski definition) is 1. The van der Waals surface area contributed by atoms with E-state index < -0.39 is 0 Å². The summed E-state index contributed by atoms with van der Waals surface area (Å²) in [4.78, 5) is 0. The van der Waals surface area contributed by atoms with E-state index in [9.17, 15) is 0 Å². The van der Waals surface area contributed by atoms with Crippen molar-refractivity contribution in [1.29, 1.82) is 0 Å². The van der Waals surface area contributed by atoms with E-state index in [1.807, 2.05) is 0 Å². The van der Waals surface area contributed by atoms with Crippen molar-refractivity contribution in [2.75, 3.05) is 6.54 Å². The van der Waals surface area contributed by atoms with Crippen LogP contribution in [-0.4, -0.2) is 6.54 Å². The van der Waals surface area contributed by atoms with Gasteiger partial charge in [-0.25, -0.2) is 0 Å². The van der Waals surface area contributed by atoms with Gasteiger partial charge in [0.15, 0.2) is 0 Å². The van der Waals surface area contributed by atoms with Crippen LogP contribution in [0.25, 0.3) is 11.1 Å². The van der Waals surface area contributed by atoms with Crippen molar-refractivity contribution in [2.24, 2.45) is 5.73 Å². The first-order valence-electron chi connectivity index (χ1n) is 6.62. The average molecular weight is 237 g/mol. The third kappa shape index (κ3) is 1.85. The Morgan fingerprint density at radius 3 is 2.39 bits per heavy atom. The van der Waals surface area contributed by atoms with Gasteiger partial charge in [-0.1, -0.05) is 48.5 Å². The molecule has 0 heterocycles. The van der Waals surface area contributed by atoms with Crippen LogP contribution >= 0.6 is 0 Å². The van der Waals surface area contributed by atoms with Crippen molar-refractivity contribution in [3.05, 3.63) is 59.7 Å². The Morgan fingerprint density at radius 2 is 1.78 bits per heavy atom. The van der Waals surface area contributed by atoms with Crippen LogP contribution in [-0.2, 0) is 5.41 Å².